The summed E-state index contributed by atoms with van der Waals surface area (Å²) in [6.45, 7) is 0.541. The van der Waals surface area contributed by atoms with Gasteiger partial charge in [-0.3, -0.25) is 4.98 Å². The normalized spacial score (nSPS) is 18.4. The molecule has 18 heavy (non-hydrogen) atoms. The molecule has 0 saturated heterocycles. The Morgan fingerprint density at radius 3 is 3.22 bits per heavy atom. The number of fused-ring (bicyclic) bond motifs is 1. The van der Waals surface area contributed by atoms with E-state index in [1.807, 2.05) is 18.3 Å². The average Bonchev–Trinajstić information content (AvgIpc) is 2.90. The molecule has 2 aromatic rings. The number of hydrogen-bond donors (Lipinski definition) is 1. The number of aryl methyl sites for hydroxylation is 1. The van der Waals surface area contributed by atoms with Gasteiger partial charge >= 0.3 is 0 Å². The van der Waals surface area contributed by atoms with Gasteiger partial charge in [0.25, 0.3) is 0 Å². The molecule has 0 bridgehead atoms. The van der Waals surface area contributed by atoms with E-state index in [0.717, 1.165) is 35.5 Å². The molecular weight excluding hydrogens is 246 g/mol. The van der Waals surface area contributed by atoms with Crippen molar-refractivity contribution >= 4 is 11.3 Å². The minimum atomic E-state index is -0.333. The van der Waals surface area contributed by atoms with Crippen molar-refractivity contribution in [1.82, 2.24) is 4.98 Å². The van der Waals surface area contributed by atoms with Crippen LogP contribution in [0.3, 0.4) is 0 Å². The molecule has 3 rings (SSSR count). The molecule has 1 N–H and O–H groups in total. The zero-order valence-corrected chi connectivity index (χ0v) is 10.8. The van der Waals surface area contributed by atoms with Gasteiger partial charge in [0.05, 0.1) is 16.5 Å². The van der Waals surface area contributed by atoms with E-state index in [4.69, 9.17) is 4.74 Å². The quantitative estimate of drug-likeness (QED) is 0.923. The third-order valence-corrected chi connectivity index (χ3v) is 4.02. The van der Waals surface area contributed by atoms with Crippen LogP contribution < -0.4 is 4.74 Å². The van der Waals surface area contributed by atoms with Crippen molar-refractivity contribution in [1.29, 1.82) is 0 Å². The van der Waals surface area contributed by atoms with Crippen molar-refractivity contribution < 1.29 is 9.84 Å². The van der Waals surface area contributed by atoms with E-state index in [1.54, 1.807) is 16.8 Å². The first-order valence-electron chi connectivity index (χ1n) is 6.14. The lowest BCUT2D eigenvalue weighted by Crippen LogP contribution is -2.09. The predicted molar refractivity (Wildman–Crippen MR) is 70.8 cm³/mol. The van der Waals surface area contributed by atoms with Crippen LogP contribution in [-0.2, 0) is 13.0 Å². The molecule has 1 aliphatic carbocycles. The van der Waals surface area contributed by atoms with E-state index < -0.39 is 0 Å². The number of aliphatic hydroxyl groups is 1. The van der Waals surface area contributed by atoms with E-state index in [-0.39, 0.29) is 6.10 Å². The molecule has 1 heterocycles. The summed E-state index contributed by atoms with van der Waals surface area (Å²) in [5.74, 6) is 0.822. The number of benzene rings is 1. The Hall–Kier alpha value is -1.39. The molecule has 0 amide bonds. The number of aliphatic hydroxyl groups excluding tert-OH is 1. The molecule has 1 aromatic heterocycles. The fourth-order valence-corrected chi connectivity index (χ4v) is 2.82. The van der Waals surface area contributed by atoms with Crippen LogP contribution in [0.4, 0.5) is 0 Å². The minimum absolute atomic E-state index is 0.333. The number of hydrogen-bond acceptors (Lipinski definition) is 4. The molecule has 94 valence electrons. The van der Waals surface area contributed by atoms with Gasteiger partial charge < -0.3 is 9.84 Å². The van der Waals surface area contributed by atoms with E-state index in [1.165, 1.54) is 5.56 Å². The molecular formula is C14H15NO2S. The van der Waals surface area contributed by atoms with Crippen molar-refractivity contribution in [2.75, 3.05) is 0 Å². The minimum Gasteiger partial charge on any atom is -0.488 e. The molecule has 0 radical (unpaired) electrons. The SMILES string of the molecule is O[C@@H]1CCCc2ccc(OCc3cncs3)cc21. The summed E-state index contributed by atoms with van der Waals surface area (Å²) in [6, 6.07) is 6.03. The third kappa shape index (κ3) is 2.40. The Labute approximate surface area is 110 Å². The van der Waals surface area contributed by atoms with Crippen LogP contribution in [0.1, 0.15) is 34.9 Å². The zero-order valence-electron chi connectivity index (χ0n) is 10.0. The van der Waals surface area contributed by atoms with Crippen molar-refractivity contribution in [2.45, 2.75) is 32.0 Å². The fraction of sp³-hybridized carbons (Fsp3) is 0.357. The first kappa shape index (κ1) is 11.7. The van der Waals surface area contributed by atoms with Crippen LogP contribution in [0, 0.1) is 0 Å². The van der Waals surface area contributed by atoms with Crippen LogP contribution in [0.25, 0.3) is 0 Å². The van der Waals surface area contributed by atoms with Gasteiger partial charge in [-0.1, -0.05) is 6.07 Å². The smallest absolute Gasteiger partial charge is 0.124 e. The number of rotatable bonds is 3. The van der Waals surface area contributed by atoms with Crippen LogP contribution in [0.15, 0.2) is 29.9 Å². The summed E-state index contributed by atoms with van der Waals surface area (Å²) >= 11 is 1.59. The maximum atomic E-state index is 9.97. The highest BCUT2D eigenvalue weighted by Gasteiger charge is 2.18. The fourth-order valence-electron chi connectivity index (χ4n) is 2.31. The average molecular weight is 261 g/mol. The molecule has 1 atom stereocenters. The predicted octanol–water partition coefficient (Wildman–Crippen LogP) is 3.09. The first-order chi connectivity index (χ1) is 8.83. The highest BCUT2D eigenvalue weighted by Crippen LogP contribution is 2.32. The summed E-state index contributed by atoms with van der Waals surface area (Å²) in [7, 11) is 0. The molecule has 3 nitrogen and oxygen atoms in total. The highest BCUT2D eigenvalue weighted by molar-refractivity contribution is 7.09. The lowest BCUT2D eigenvalue weighted by molar-refractivity contribution is 0.156. The van der Waals surface area contributed by atoms with Crippen LogP contribution >= 0.6 is 11.3 Å². The molecule has 0 fully saturated rings. The molecule has 0 saturated carbocycles. The first-order valence-corrected chi connectivity index (χ1v) is 7.02. The van der Waals surface area contributed by atoms with Crippen LogP contribution in [0.5, 0.6) is 5.75 Å². The van der Waals surface area contributed by atoms with Gasteiger partial charge in [0.1, 0.15) is 12.4 Å². The monoisotopic (exact) mass is 261 g/mol. The van der Waals surface area contributed by atoms with Crippen molar-refractivity contribution in [3.63, 3.8) is 0 Å². The topological polar surface area (TPSA) is 42.4 Å². The number of thiazole rings is 1. The summed E-state index contributed by atoms with van der Waals surface area (Å²) in [4.78, 5) is 5.12. The standard InChI is InChI=1S/C14H15NO2S/c16-14-3-1-2-10-4-5-11(6-13(10)14)17-8-12-7-15-9-18-12/h4-7,9,14,16H,1-3,8H2/t14-/m1/s1. The van der Waals surface area contributed by atoms with Crippen LogP contribution in [-0.4, -0.2) is 10.1 Å². The molecule has 0 unspecified atom stereocenters. The van der Waals surface area contributed by atoms with Crippen molar-refractivity contribution in [2.24, 2.45) is 0 Å². The van der Waals surface area contributed by atoms with E-state index in [0.29, 0.717) is 6.61 Å². The van der Waals surface area contributed by atoms with Crippen LogP contribution in [0.2, 0.25) is 0 Å². The largest absolute Gasteiger partial charge is 0.488 e. The molecule has 4 heteroatoms. The summed E-state index contributed by atoms with van der Waals surface area (Å²) in [5.41, 5.74) is 4.08. The van der Waals surface area contributed by atoms with Gasteiger partial charge in [-0.25, -0.2) is 0 Å². The number of nitrogens with zero attached hydrogens (tertiary/aromatic N) is 1. The van der Waals surface area contributed by atoms with Gasteiger partial charge in [0.2, 0.25) is 0 Å². The molecule has 1 aromatic carbocycles. The Balaban J connectivity index is 1.75. The van der Waals surface area contributed by atoms with Crippen molar-refractivity contribution in [3.05, 3.63) is 45.9 Å². The second-order valence-electron chi connectivity index (χ2n) is 4.53. The van der Waals surface area contributed by atoms with Crippen molar-refractivity contribution in [3.8, 4) is 5.75 Å². The second kappa shape index (κ2) is 5.08. The summed E-state index contributed by atoms with van der Waals surface area (Å²) in [6.07, 6.45) is 4.46. The Kier molecular flexibility index (Phi) is 3.30. The highest BCUT2D eigenvalue weighted by atomic mass is 32.1. The molecule has 0 aliphatic heterocycles. The van der Waals surface area contributed by atoms with E-state index in [9.17, 15) is 5.11 Å². The Morgan fingerprint density at radius 2 is 2.39 bits per heavy atom. The van der Waals surface area contributed by atoms with Gasteiger partial charge in [0, 0.05) is 6.20 Å². The second-order valence-corrected chi connectivity index (χ2v) is 5.50. The molecule has 0 spiro atoms. The number of ether oxygens (including phenoxy) is 1. The lowest BCUT2D eigenvalue weighted by atomic mass is 9.89. The van der Waals surface area contributed by atoms with Gasteiger partial charge in [0.15, 0.2) is 0 Å². The van der Waals surface area contributed by atoms with Gasteiger partial charge in [-0.05, 0) is 42.5 Å². The van der Waals surface area contributed by atoms with Gasteiger partial charge in [-0.15, -0.1) is 11.3 Å². The number of aromatic nitrogens is 1. The summed E-state index contributed by atoms with van der Waals surface area (Å²) < 4.78 is 5.72. The molecule has 1 aliphatic rings. The maximum Gasteiger partial charge on any atom is 0.124 e. The summed E-state index contributed by atoms with van der Waals surface area (Å²) in [5, 5.41) is 9.97. The van der Waals surface area contributed by atoms with E-state index >= 15 is 0 Å². The Bertz CT molecular complexity index is 525. The maximum absolute atomic E-state index is 9.97. The van der Waals surface area contributed by atoms with E-state index in [2.05, 4.69) is 11.1 Å². The van der Waals surface area contributed by atoms with Gasteiger partial charge in [-0.2, -0.15) is 0 Å². The Morgan fingerprint density at radius 1 is 1.44 bits per heavy atom. The lowest BCUT2D eigenvalue weighted by Gasteiger charge is -2.21. The zero-order chi connectivity index (χ0) is 12.4. The third-order valence-electron chi connectivity index (χ3n) is 3.26.